The van der Waals surface area contributed by atoms with E-state index in [1.54, 1.807) is 197 Å². The van der Waals surface area contributed by atoms with Gasteiger partial charge >= 0.3 is 5.97 Å². The van der Waals surface area contributed by atoms with Gasteiger partial charge in [0, 0.05) is 98.4 Å². The number of pyridine rings is 6. The molecule has 136 heavy (non-hydrogen) atoms. The zero-order valence-corrected chi connectivity index (χ0v) is 78.7. The number of rotatable bonds is 12. The van der Waals surface area contributed by atoms with Crippen molar-refractivity contribution in [3.63, 3.8) is 0 Å². The number of halogens is 4. The lowest BCUT2D eigenvalue weighted by molar-refractivity contribution is 0.0689. The van der Waals surface area contributed by atoms with Gasteiger partial charge < -0.3 is 31.0 Å². The molecule has 0 unspecified atom stereocenters. The zero-order valence-electron chi connectivity index (χ0n) is 73.8. The van der Waals surface area contributed by atoms with Crippen LogP contribution in [0.25, 0.3) is 66.2 Å². The highest BCUT2D eigenvalue weighted by molar-refractivity contribution is 9.10. The normalized spacial score (nSPS) is 10.9. The Morgan fingerprint density at radius 2 is 0.801 bits per heavy atom. The average molecular weight is 1970 g/mol. The number of aromatic amines is 4. The van der Waals surface area contributed by atoms with Crippen molar-refractivity contribution in [2.45, 2.75) is 81.4 Å². The van der Waals surface area contributed by atoms with Crippen LogP contribution in [0.5, 0.6) is 0 Å². The van der Waals surface area contributed by atoms with Gasteiger partial charge in [-0.25, -0.2) is 97.4 Å². The van der Waals surface area contributed by atoms with E-state index in [2.05, 4.69) is 130 Å². The van der Waals surface area contributed by atoms with Gasteiger partial charge in [0.25, 0.3) is 40.1 Å². The molecule has 18 aromatic rings. The van der Waals surface area contributed by atoms with Crippen molar-refractivity contribution in [1.82, 2.24) is 76.2 Å². The fourth-order valence-electron chi connectivity index (χ4n) is 13.1. The third-order valence-corrected chi connectivity index (χ3v) is 27.2. The SMILES string of the molecule is C#CCO.Cc1[nH]nc(C(=O)Cc2cnc3[nH]c(C#CCF)cc3c2)c1C.Cc1[nH]nc(C(=O)O)c1C.Cc1cnc2c(c1)cc(Br)n2S(=O)(=O)c1ccccc1.Cc1cnc2c(c1)cc(C#CCF)n2S(=O)(=O)c1ccccc1.Cc1cnc2c(c1)cc(C#CCO)n2S(=O)(=O)c1ccccc1.Cc1cnc2c(ccn2S(=O)(=O)c2ccccc2)c1.Nc1cnc2[nH]c(C#CCF)cc2c1. The van der Waals surface area contributed by atoms with Crippen LogP contribution in [0.3, 0.4) is 0 Å². The minimum Gasteiger partial charge on any atom is -0.476 e. The number of carbonyl (C=O) groups excluding carboxylic acids is 1. The first-order chi connectivity index (χ1) is 65.1. The minimum absolute atomic E-state index is 0.0546. The molecule has 0 atom stereocenters. The number of Topliss-reactive ketones (excluding diaryl/α,β-unsaturated/α-hetero) is 1. The number of nitrogens with two attached hydrogens (primary N) is 1. The second-order valence-electron chi connectivity index (χ2n) is 29.4. The zero-order chi connectivity index (χ0) is 98.2. The number of carboxylic acid groups (broad SMARTS) is 1. The molecule has 4 aromatic carbocycles. The second-order valence-corrected chi connectivity index (χ2v) is 37.4. The Morgan fingerprint density at radius 3 is 1.21 bits per heavy atom. The molecule has 14 heterocycles. The molecule has 18 rings (SSSR count). The van der Waals surface area contributed by atoms with Gasteiger partial charge in [0.15, 0.2) is 54.1 Å². The largest absolute Gasteiger partial charge is 0.476 e. The van der Waals surface area contributed by atoms with Gasteiger partial charge in [-0.15, -0.1) is 6.42 Å². The van der Waals surface area contributed by atoms with Gasteiger partial charge in [-0.05, 0) is 244 Å². The van der Waals surface area contributed by atoms with E-state index in [0.29, 0.717) is 71.9 Å². The molecule has 0 fully saturated rings. The highest BCUT2D eigenvalue weighted by Crippen LogP contribution is 2.31. The number of terminal acetylenes is 1. The molecule has 0 radical (unpaired) electrons. The number of carbonyl (C=O) groups is 2. The Balaban J connectivity index is 0.000000153. The molecule has 38 heteroatoms. The quantitative estimate of drug-likeness (QED) is 0.0416. The summed E-state index contributed by atoms with van der Waals surface area (Å²) in [7, 11) is -14.9. The van der Waals surface area contributed by atoms with Crippen LogP contribution in [0, 0.1) is 115 Å². The van der Waals surface area contributed by atoms with Gasteiger partial charge in [0.05, 0.1) is 42.9 Å². The van der Waals surface area contributed by atoms with Crippen molar-refractivity contribution in [2.75, 3.05) is 39.0 Å². The van der Waals surface area contributed by atoms with E-state index in [9.17, 15) is 56.4 Å². The molecular weight excluding hydrogens is 1890 g/mol. The van der Waals surface area contributed by atoms with Crippen molar-refractivity contribution in [2.24, 2.45) is 0 Å². The Kier molecular flexibility index (Phi) is 33.7. The maximum absolute atomic E-state index is 13.0. The van der Waals surface area contributed by atoms with E-state index >= 15 is 0 Å². The van der Waals surface area contributed by atoms with Crippen molar-refractivity contribution in [3.8, 4) is 59.7 Å². The number of H-pyrrole nitrogens is 4. The van der Waals surface area contributed by atoms with Crippen LogP contribution in [0.15, 0.2) is 262 Å². The number of aliphatic hydroxyl groups is 2. The maximum atomic E-state index is 13.0. The first-order valence-corrected chi connectivity index (χ1v) is 47.2. The van der Waals surface area contributed by atoms with Crippen LogP contribution in [0.1, 0.15) is 94.1 Å². The van der Waals surface area contributed by atoms with E-state index in [1.165, 1.54) is 32.2 Å². The number of aliphatic hydroxyl groups excluding tert-OH is 2. The molecule has 9 N–H and O–H groups in total. The van der Waals surface area contributed by atoms with E-state index in [1.807, 2.05) is 77.8 Å². The summed E-state index contributed by atoms with van der Waals surface area (Å²) in [5.74, 6) is 21.0. The van der Waals surface area contributed by atoms with Gasteiger partial charge in [-0.1, -0.05) is 102 Å². The molecule has 0 spiro atoms. The third-order valence-electron chi connectivity index (χ3n) is 19.5. The average Bonchev–Trinajstić information content (AvgIpc) is 1.62. The molecule has 0 saturated carbocycles. The fourth-order valence-corrected chi connectivity index (χ4v) is 19.6. The van der Waals surface area contributed by atoms with E-state index in [-0.39, 0.29) is 67.7 Å². The van der Waals surface area contributed by atoms with Crippen LogP contribution < -0.4 is 5.73 Å². The van der Waals surface area contributed by atoms with E-state index in [0.717, 1.165) is 74.3 Å². The molecule has 0 amide bonds. The van der Waals surface area contributed by atoms with Crippen LogP contribution in [0.2, 0.25) is 0 Å². The van der Waals surface area contributed by atoms with E-state index < -0.39 is 66.1 Å². The standard InChI is InChI=1S/C17H15FN4O.C17H13FN2O2S.C17H14N2O3S.C14H11BrN2O2S.C14H12N2O2S.C10H8FN3.C6H8N2O2.C3H4O/c1-10-11(2)21-22-16(10)15(23)7-12-6-13-8-14(4-3-5-18)20-17(13)19-9-12;1-13-10-14-11-15(6-5-9-18)20(17(14)19-12-13)23(21,22)16-7-3-2-4-8-16;1-13-10-14-11-15(6-5-9-20)19(17(14)18-12-13)23(21,22)16-7-3-2-4-8-16;1-10-7-11-8-13(15)17(14(11)16-9-10)20(18,19)12-5-3-2-4-6-12;1-11-9-12-7-8-16(14(12)15-10-11)19(17,18)13-5-3-2-4-6-13;11-3-1-2-9-5-7-4-8(12)6-13-10(7)14-9;1-3-4(2)7-8-5(3)6(9)10;1-2-3-4/h6,8-9H,5,7H2,1-2H3,(H,19,20)(H,21,22);2-4,7-8,10-12H,9H2,1H3;2-4,7-8,10-12,20H,9H2,1H3;2-9H,1H3;2-10H,1H3;4-6H,3,12H2,(H,13,14);1-2H3,(H,7,8)(H,9,10);1,4H,3H2. The molecule has 0 saturated heterocycles. The number of anilines is 1. The molecular formula is C98H85BrF3N17O13S4. The number of ketones is 1. The fraction of sp³-hybridized carbons (Fsp3) is 0.143. The topological polar surface area (TPSA) is 443 Å². The van der Waals surface area contributed by atoms with Gasteiger partial charge in [0.2, 0.25) is 0 Å². The lowest BCUT2D eigenvalue weighted by atomic mass is 10.1. The van der Waals surface area contributed by atoms with Gasteiger partial charge in [-0.3, -0.25) is 15.0 Å². The Bertz CT molecular complexity index is 8090. The second kappa shape index (κ2) is 45.5. The van der Waals surface area contributed by atoms with Crippen LogP contribution in [0.4, 0.5) is 18.9 Å². The lowest BCUT2D eigenvalue weighted by Crippen LogP contribution is -2.15. The number of benzene rings is 4. The number of nitrogen functional groups attached to an aromatic ring is 1. The molecule has 0 aliphatic heterocycles. The summed E-state index contributed by atoms with van der Waals surface area (Å²) in [6, 6.07) is 54.4. The monoisotopic (exact) mass is 1970 g/mol. The molecule has 0 aliphatic carbocycles. The molecule has 30 nitrogen and oxygen atoms in total. The summed E-state index contributed by atoms with van der Waals surface area (Å²) in [6.07, 6.45) is 16.0. The number of fused-ring (bicyclic) bond motifs is 6. The molecule has 692 valence electrons. The number of aromatic carboxylic acids is 1. The predicted molar refractivity (Wildman–Crippen MR) is 518 cm³/mol. The summed E-state index contributed by atoms with van der Waals surface area (Å²) in [5.41, 5.74) is 19.2. The van der Waals surface area contributed by atoms with Gasteiger partial charge in [0.1, 0.15) is 46.2 Å². The number of aryl methyl sites for hydroxylation is 6. The number of nitrogens with zero attached hydrogens (tertiary/aromatic N) is 12. The Morgan fingerprint density at radius 1 is 0.426 bits per heavy atom. The Hall–Kier alpha value is -15.8. The summed E-state index contributed by atoms with van der Waals surface area (Å²) in [5, 5.41) is 42.8. The molecule has 0 bridgehead atoms. The number of carboxylic acids is 1. The highest BCUT2D eigenvalue weighted by atomic mass is 79.9. The van der Waals surface area contributed by atoms with Crippen LogP contribution in [-0.4, -0.2) is 170 Å². The molecule has 14 aromatic heterocycles. The Labute approximate surface area is 788 Å². The van der Waals surface area contributed by atoms with Crippen molar-refractivity contribution >= 4 is 140 Å². The first-order valence-electron chi connectivity index (χ1n) is 40.6. The van der Waals surface area contributed by atoms with Gasteiger partial charge in [-0.2, -0.15) is 10.2 Å². The number of aromatic nitrogens is 16. The number of nitrogens with one attached hydrogen (secondary N) is 4. The highest BCUT2D eigenvalue weighted by Gasteiger charge is 2.28. The number of hydrogen-bond donors (Lipinski definition) is 8. The first kappa shape index (κ1) is 101. The smallest absolute Gasteiger partial charge is 0.356 e. The summed E-state index contributed by atoms with van der Waals surface area (Å²) in [6.45, 7) is 12.2. The number of hydrogen-bond acceptors (Lipinski definition) is 21. The molecule has 0 aliphatic rings. The van der Waals surface area contributed by atoms with E-state index in [4.69, 9.17) is 21.1 Å². The van der Waals surface area contributed by atoms with Crippen molar-refractivity contribution < 1.29 is 71.8 Å². The summed E-state index contributed by atoms with van der Waals surface area (Å²) >= 11 is 3.31. The minimum atomic E-state index is -3.87. The van der Waals surface area contributed by atoms with Crippen LogP contribution >= 0.6 is 15.9 Å². The maximum Gasteiger partial charge on any atom is 0.356 e. The number of alkyl halides is 3. The summed E-state index contributed by atoms with van der Waals surface area (Å²) in [4.78, 5) is 54.7. The summed E-state index contributed by atoms with van der Waals surface area (Å²) < 4.78 is 144. The lowest BCUT2D eigenvalue weighted by Gasteiger charge is -2.08. The predicted octanol–water partition coefficient (Wildman–Crippen LogP) is 15.2. The van der Waals surface area contributed by atoms with Crippen molar-refractivity contribution in [1.29, 1.82) is 0 Å². The van der Waals surface area contributed by atoms with Crippen molar-refractivity contribution in [3.05, 3.63) is 327 Å². The third kappa shape index (κ3) is 24.3. The van der Waals surface area contributed by atoms with Crippen LogP contribution in [-0.2, 0) is 46.5 Å².